The molecule has 0 spiro atoms. The van der Waals surface area contributed by atoms with E-state index in [9.17, 15) is 4.39 Å². The van der Waals surface area contributed by atoms with Gasteiger partial charge in [-0.05, 0) is 33.3 Å². The molecule has 0 aliphatic carbocycles. The van der Waals surface area contributed by atoms with Crippen molar-refractivity contribution in [3.63, 3.8) is 0 Å². The fourth-order valence-electron chi connectivity index (χ4n) is 1.23. The van der Waals surface area contributed by atoms with Crippen molar-refractivity contribution in [3.05, 3.63) is 20.8 Å². The van der Waals surface area contributed by atoms with Gasteiger partial charge >= 0.3 is 0 Å². The fraction of sp³-hybridized carbons (Fsp3) is 0.600. The highest BCUT2D eigenvalue weighted by atomic mass is 79.9. The van der Waals surface area contributed by atoms with Crippen LogP contribution in [0.1, 0.15) is 18.7 Å². The van der Waals surface area contributed by atoms with E-state index in [2.05, 4.69) is 15.9 Å². The first-order valence-corrected chi connectivity index (χ1v) is 6.27. The van der Waals surface area contributed by atoms with Crippen LogP contribution >= 0.6 is 27.3 Å². The summed E-state index contributed by atoms with van der Waals surface area (Å²) in [6.07, 6.45) is 0.402. The normalized spacial score (nSPS) is 15.9. The molecule has 1 heterocycles. The molecular formula is C10H15BrFNS. The second kappa shape index (κ2) is 4.73. The van der Waals surface area contributed by atoms with E-state index < -0.39 is 5.67 Å². The quantitative estimate of drug-likeness (QED) is 0.899. The molecule has 0 bridgehead atoms. The highest BCUT2D eigenvalue weighted by molar-refractivity contribution is 9.10. The Bertz CT molecular complexity index is 300. The molecular weight excluding hydrogens is 265 g/mol. The zero-order valence-electron chi connectivity index (χ0n) is 8.39. The van der Waals surface area contributed by atoms with Gasteiger partial charge in [-0.2, -0.15) is 0 Å². The third-order valence-corrected chi connectivity index (χ3v) is 4.45. The largest absolute Gasteiger partial charge is 0.328 e. The summed E-state index contributed by atoms with van der Waals surface area (Å²) in [6, 6.07) is 1.94. The summed E-state index contributed by atoms with van der Waals surface area (Å²) >= 11 is 4.97. The molecule has 80 valence electrons. The zero-order chi connectivity index (χ0) is 10.8. The first-order chi connectivity index (χ1) is 6.49. The highest BCUT2D eigenvalue weighted by Crippen LogP contribution is 2.32. The summed E-state index contributed by atoms with van der Waals surface area (Å²) in [4.78, 5) is 1.03. The number of hydrogen-bond acceptors (Lipinski definition) is 2. The molecule has 0 saturated carbocycles. The molecule has 1 nitrogen and oxygen atoms in total. The van der Waals surface area contributed by atoms with Gasteiger partial charge in [-0.1, -0.05) is 13.8 Å². The van der Waals surface area contributed by atoms with Crippen molar-refractivity contribution in [1.29, 1.82) is 0 Å². The number of nitrogens with two attached hydrogens (primary N) is 1. The Morgan fingerprint density at radius 3 is 2.64 bits per heavy atom. The van der Waals surface area contributed by atoms with Crippen LogP contribution in [0, 0.1) is 5.92 Å². The average molecular weight is 280 g/mol. The van der Waals surface area contributed by atoms with Crippen LogP contribution in [0.25, 0.3) is 0 Å². The van der Waals surface area contributed by atoms with Crippen molar-refractivity contribution in [3.8, 4) is 0 Å². The monoisotopic (exact) mass is 279 g/mol. The number of thiophene rings is 1. The van der Waals surface area contributed by atoms with Gasteiger partial charge in [0.05, 0.1) is 0 Å². The van der Waals surface area contributed by atoms with Crippen molar-refractivity contribution in [2.75, 3.05) is 6.54 Å². The van der Waals surface area contributed by atoms with Gasteiger partial charge in [0.2, 0.25) is 0 Å². The van der Waals surface area contributed by atoms with Gasteiger partial charge in [-0.25, -0.2) is 4.39 Å². The van der Waals surface area contributed by atoms with Gasteiger partial charge < -0.3 is 5.73 Å². The Balaban J connectivity index is 2.80. The van der Waals surface area contributed by atoms with E-state index in [1.54, 1.807) is 11.3 Å². The van der Waals surface area contributed by atoms with E-state index in [-0.39, 0.29) is 12.5 Å². The second-order valence-corrected chi connectivity index (χ2v) is 5.62. The molecule has 0 aliphatic heterocycles. The molecule has 1 aromatic heterocycles. The topological polar surface area (TPSA) is 26.0 Å². The standard InChI is InChI=1S/C10H15BrFNS/c1-7(2)10(12,6-13)5-9-8(11)3-4-14-9/h3-4,7H,5-6,13H2,1-2H3. The lowest BCUT2D eigenvalue weighted by atomic mass is 9.88. The first-order valence-electron chi connectivity index (χ1n) is 4.60. The minimum atomic E-state index is -1.28. The minimum Gasteiger partial charge on any atom is -0.328 e. The Hall–Kier alpha value is 0.0700. The van der Waals surface area contributed by atoms with Gasteiger partial charge in [-0.3, -0.25) is 0 Å². The summed E-state index contributed by atoms with van der Waals surface area (Å²) in [5.74, 6) is -0.0542. The van der Waals surface area contributed by atoms with E-state index in [0.717, 1.165) is 9.35 Å². The number of alkyl halides is 1. The highest BCUT2D eigenvalue weighted by Gasteiger charge is 2.33. The lowest BCUT2D eigenvalue weighted by molar-refractivity contribution is 0.111. The molecule has 0 amide bonds. The molecule has 1 rings (SSSR count). The van der Waals surface area contributed by atoms with Crippen molar-refractivity contribution < 1.29 is 4.39 Å². The maximum absolute atomic E-state index is 14.2. The molecule has 0 aliphatic rings. The predicted molar refractivity (Wildman–Crippen MR) is 63.5 cm³/mol. The van der Waals surface area contributed by atoms with Crippen LogP contribution in [0.5, 0.6) is 0 Å². The van der Waals surface area contributed by atoms with Crippen molar-refractivity contribution in [2.24, 2.45) is 11.7 Å². The molecule has 4 heteroatoms. The molecule has 0 saturated heterocycles. The van der Waals surface area contributed by atoms with Gasteiger partial charge in [0.1, 0.15) is 5.67 Å². The van der Waals surface area contributed by atoms with Gasteiger partial charge in [-0.15, -0.1) is 11.3 Å². The van der Waals surface area contributed by atoms with Crippen LogP contribution in [-0.2, 0) is 6.42 Å². The van der Waals surface area contributed by atoms with Gasteiger partial charge in [0.15, 0.2) is 0 Å². The summed E-state index contributed by atoms with van der Waals surface area (Å²) < 4.78 is 15.2. The Labute approximate surface area is 96.6 Å². The van der Waals surface area contributed by atoms with Crippen LogP contribution in [0.15, 0.2) is 15.9 Å². The van der Waals surface area contributed by atoms with Crippen molar-refractivity contribution in [1.82, 2.24) is 0 Å². The zero-order valence-corrected chi connectivity index (χ0v) is 10.8. The summed E-state index contributed by atoms with van der Waals surface area (Å²) in [6.45, 7) is 3.82. The SMILES string of the molecule is CC(C)C(F)(CN)Cc1sccc1Br. The maximum atomic E-state index is 14.2. The third-order valence-electron chi connectivity index (χ3n) is 2.52. The van der Waals surface area contributed by atoms with E-state index in [1.165, 1.54) is 0 Å². The number of halogens is 2. The summed E-state index contributed by atoms with van der Waals surface area (Å²) in [7, 11) is 0. The van der Waals surface area contributed by atoms with Gasteiger partial charge in [0.25, 0.3) is 0 Å². The predicted octanol–water partition coefficient (Wildman–Crippen LogP) is 3.38. The van der Waals surface area contributed by atoms with Crippen LogP contribution in [0.2, 0.25) is 0 Å². The molecule has 1 atom stereocenters. The van der Waals surface area contributed by atoms with Crippen LogP contribution in [-0.4, -0.2) is 12.2 Å². The number of hydrogen-bond donors (Lipinski definition) is 1. The fourth-order valence-corrected chi connectivity index (χ4v) is 2.83. The molecule has 2 N–H and O–H groups in total. The lowest BCUT2D eigenvalue weighted by Gasteiger charge is -2.27. The first kappa shape index (κ1) is 12.1. The smallest absolute Gasteiger partial charge is 0.130 e. The van der Waals surface area contributed by atoms with E-state index in [1.807, 2.05) is 25.3 Å². The van der Waals surface area contributed by atoms with Crippen molar-refractivity contribution >= 4 is 27.3 Å². The van der Waals surface area contributed by atoms with E-state index in [0.29, 0.717) is 6.42 Å². The molecule has 0 aromatic carbocycles. The van der Waals surface area contributed by atoms with Crippen LogP contribution in [0.4, 0.5) is 4.39 Å². The molecule has 14 heavy (non-hydrogen) atoms. The van der Waals surface area contributed by atoms with Crippen molar-refractivity contribution in [2.45, 2.75) is 25.9 Å². The van der Waals surface area contributed by atoms with Gasteiger partial charge in [0, 0.05) is 22.3 Å². The summed E-state index contributed by atoms with van der Waals surface area (Å²) in [5.41, 5.74) is 4.20. The van der Waals surface area contributed by atoms with Crippen LogP contribution in [0.3, 0.4) is 0 Å². The van der Waals surface area contributed by atoms with Crippen LogP contribution < -0.4 is 5.73 Å². The molecule has 0 fully saturated rings. The Morgan fingerprint density at radius 2 is 2.29 bits per heavy atom. The molecule has 1 aromatic rings. The van der Waals surface area contributed by atoms with E-state index >= 15 is 0 Å². The minimum absolute atomic E-state index is 0.0542. The number of rotatable bonds is 4. The second-order valence-electron chi connectivity index (χ2n) is 3.76. The Kier molecular flexibility index (Phi) is 4.10. The third kappa shape index (κ3) is 2.55. The summed E-state index contributed by atoms with van der Waals surface area (Å²) in [5, 5.41) is 1.96. The molecule has 1 unspecified atom stereocenters. The Morgan fingerprint density at radius 1 is 1.64 bits per heavy atom. The lowest BCUT2D eigenvalue weighted by Crippen LogP contribution is -2.40. The average Bonchev–Trinajstić information content (AvgIpc) is 2.51. The van der Waals surface area contributed by atoms with E-state index in [4.69, 9.17) is 5.73 Å². The molecule has 0 radical (unpaired) electrons. The maximum Gasteiger partial charge on any atom is 0.130 e.